The maximum Gasteiger partial charge on any atom is 0.256 e. The van der Waals surface area contributed by atoms with Crippen LogP contribution >= 0.6 is 0 Å². The molecule has 3 unspecified atom stereocenters. The fourth-order valence-corrected chi connectivity index (χ4v) is 5.97. The summed E-state index contributed by atoms with van der Waals surface area (Å²) >= 11 is 0. The molecule has 4 atom stereocenters. The summed E-state index contributed by atoms with van der Waals surface area (Å²) in [4.78, 5) is 28.0. The van der Waals surface area contributed by atoms with E-state index in [1.807, 2.05) is 35.2 Å². The Hall–Kier alpha value is -2.86. The van der Waals surface area contributed by atoms with E-state index in [2.05, 4.69) is 5.32 Å². The Morgan fingerprint density at radius 1 is 1.03 bits per heavy atom. The number of nitrogens with zero attached hydrogens (tertiary/aromatic N) is 1. The Kier molecular flexibility index (Phi) is 5.87. The largest absolute Gasteiger partial charge is 0.497 e. The number of carbonyl (C=O) groups is 2. The van der Waals surface area contributed by atoms with Gasteiger partial charge in [-0.2, -0.15) is 0 Å². The van der Waals surface area contributed by atoms with Crippen LogP contribution in [-0.2, 0) is 10.4 Å². The third-order valence-corrected chi connectivity index (χ3v) is 8.00. The molecule has 2 amide bonds. The minimum absolute atomic E-state index is 0.0452. The Labute approximate surface area is 194 Å². The number of amides is 2. The van der Waals surface area contributed by atoms with E-state index in [0.717, 1.165) is 44.5 Å². The van der Waals surface area contributed by atoms with Crippen LogP contribution in [0.15, 0.2) is 54.6 Å². The molecular weight excluding hydrogens is 416 g/mol. The van der Waals surface area contributed by atoms with Gasteiger partial charge in [-0.05, 0) is 60.4 Å². The van der Waals surface area contributed by atoms with Crippen molar-refractivity contribution >= 4 is 11.8 Å². The summed E-state index contributed by atoms with van der Waals surface area (Å²) in [6.07, 6.45) is 3.85. The standard InChI is InChI=1S/C27H32N2O4/c1-33-21-13-11-18(12-14-21)25(30)29-16-23-22(24(23)17-29)15-28-26(31)27(32,20-9-5-6-10-20)19-7-3-2-4-8-19/h2-4,7-8,11-14,20,22-24,32H,5-6,9-10,15-17H2,1H3,(H,28,31)/t22?,23-,24?,27?/m1/s1. The highest BCUT2D eigenvalue weighted by Gasteiger charge is 2.57. The molecule has 0 aromatic heterocycles. The lowest BCUT2D eigenvalue weighted by molar-refractivity contribution is -0.147. The zero-order valence-electron chi connectivity index (χ0n) is 19.1. The zero-order chi connectivity index (χ0) is 23.0. The van der Waals surface area contributed by atoms with Gasteiger partial charge < -0.3 is 20.1 Å². The first-order chi connectivity index (χ1) is 16.0. The van der Waals surface area contributed by atoms with Gasteiger partial charge in [0.15, 0.2) is 5.60 Å². The van der Waals surface area contributed by atoms with E-state index in [1.165, 1.54) is 0 Å². The second kappa shape index (κ2) is 8.82. The van der Waals surface area contributed by atoms with Gasteiger partial charge in [-0.3, -0.25) is 9.59 Å². The Morgan fingerprint density at radius 3 is 2.27 bits per heavy atom. The lowest BCUT2D eigenvalue weighted by Gasteiger charge is -2.33. The van der Waals surface area contributed by atoms with Crippen molar-refractivity contribution < 1.29 is 19.4 Å². The molecule has 2 saturated carbocycles. The summed E-state index contributed by atoms with van der Waals surface area (Å²) < 4.78 is 5.17. The van der Waals surface area contributed by atoms with Crippen LogP contribution in [-0.4, -0.2) is 48.6 Å². The van der Waals surface area contributed by atoms with E-state index >= 15 is 0 Å². The SMILES string of the molecule is COc1ccc(C(=O)N2CC3C(CNC(=O)C(O)(c4ccccc4)C4CCCC4)[C@H]3C2)cc1. The number of piperidine rings is 1. The molecule has 3 fully saturated rings. The van der Waals surface area contributed by atoms with Crippen LogP contribution in [0.5, 0.6) is 5.75 Å². The van der Waals surface area contributed by atoms with E-state index in [1.54, 1.807) is 31.4 Å². The molecule has 33 heavy (non-hydrogen) atoms. The predicted molar refractivity (Wildman–Crippen MR) is 125 cm³/mol. The minimum Gasteiger partial charge on any atom is -0.497 e. The number of likely N-dealkylation sites (tertiary alicyclic amines) is 1. The van der Waals surface area contributed by atoms with Gasteiger partial charge in [-0.15, -0.1) is 0 Å². The molecule has 6 heteroatoms. The van der Waals surface area contributed by atoms with Crippen LogP contribution in [0.3, 0.4) is 0 Å². The minimum atomic E-state index is -1.47. The van der Waals surface area contributed by atoms with E-state index in [9.17, 15) is 14.7 Å². The van der Waals surface area contributed by atoms with Crippen molar-refractivity contribution in [3.05, 3.63) is 65.7 Å². The fraction of sp³-hybridized carbons (Fsp3) is 0.481. The number of benzene rings is 2. The third kappa shape index (κ3) is 4.01. The van der Waals surface area contributed by atoms with Crippen molar-refractivity contribution in [1.82, 2.24) is 10.2 Å². The van der Waals surface area contributed by atoms with Crippen LogP contribution < -0.4 is 10.1 Å². The van der Waals surface area contributed by atoms with Crippen LogP contribution in [0, 0.1) is 23.7 Å². The number of ether oxygens (including phenoxy) is 1. The fourth-order valence-electron chi connectivity index (χ4n) is 5.97. The lowest BCUT2D eigenvalue weighted by Crippen LogP contribution is -2.49. The number of carbonyl (C=O) groups excluding carboxylic acids is 2. The predicted octanol–water partition coefficient (Wildman–Crippen LogP) is 3.21. The van der Waals surface area contributed by atoms with Crippen LogP contribution in [0.2, 0.25) is 0 Å². The van der Waals surface area contributed by atoms with Gasteiger partial charge in [0.05, 0.1) is 7.11 Å². The van der Waals surface area contributed by atoms with Gasteiger partial charge in [0.25, 0.3) is 11.8 Å². The van der Waals surface area contributed by atoms with Gasteiger partial charge >= 0.3 is 0 Å². The van der Waals surface area contributed by atoms with E-state index < -0.39 is 5.60 Å². The van der Waals surface area contributed by atoms with E-state index in [0.29, 0.717) is 35.4 Å². The second-order valence-corrected chi connectivity index (χ2v) is 9.75. The molecule has 2 N–H and O–H groups in total. The molecule has 0 radical (unpaired) electrons. The van der Waals surface area contributed by atoms with Gasteiger partial charge in [0, 0.05) is 31.1 Å². The zero-order valence-corrected chi connectivity index (χ0v) is 19.1. The topological polar surface area (TPSA) is 78.9 Å². The highest BCUT2D eigenvalue weighted by Crippen LogP contribution is 2.51. The van der Waals surface area contributed by atoms with E-state index in [-0.39, 0.29) is 17.7 Å². The highest BCUT2D eigenvalue weighted by molar-refractivity contribution is 5.94. The molecule has 174 valence electrons. The number of hydrogen-bond donors (Lipinski definition) is 2. The van der Waals surface area contributed by atoms with Gasteiger partial charge in [-0.25, -0.2) is 0 Å². The first kappa shape index (κ1) is 22.0. The van der Waals surface area contributed by atoms with Crippen molar-refractivity contribution in [2.24, 2.45) is 23.7 Å². The van der Waals surface area contributed by atoms with E-state index in [4.69, 9.17) is 4.74 Å². The quantitative estimate of drug-likeness (QED) is 0.682. The number of rotatable bonds is 7. The monoisotopic (exact) mass is 448 g/mol. The Bertz CT molecular complexity index is 991. The number of methoxy groups -OCH3 is 1. The van der Waals surface area contributed by atoms with Gasteiger partial charge in [-0.1, -0.05) is 43.2 Å². The molecule has 2 aromatic carbocycles. The van der Waals surface area contributed by atoms with Crippen molar-refractivity contribution in [3.8, 4) is 5.75 Å². The molecule has 2 aliphatic carbocycles. The molecular formula is C27H32N2O4. The Morgan fingerprint density at radius 2 is 1.67 bits per heavy atom. The molecule has 3 aliphatic rings. The number of fused-ring (bicyclic) bond motifs is 1. The van der Waals surface area contributed by atoms with Crippen LogP contribution in [0.25, 0.3) is 0 Å². The van der Waals surface area contributed by atoms with Crippen molar-refractivity contribution in [2.75, 3.05) is 26.7 Å². The van der Waals surface area contributed by atoms with Crippen molar-refractivity contribution in [1.29, 1.82) is 0 Å². The first-order valence-electron chi connectivity index (χ1n) is 12.0. The van der Waals surface area contributed by atoms with Gasteiger partial charge in [0.1, 0.15) is 5.75 Å². The number of nitrogens with one attached hydrogen (secondary N) is 1. The molecule has 0 bridgehead atoms. The number of aliphatic hydroxyl groups is 1. The summed E-state index contributed by atoms with van der Waals surface area (Å²) in [5.41, 5.74) is -0.119. The normalized spacial score (nSPS) is 25.9. The average molecular weight is 449 g/mol. The smallest absolute Gasteiger partial charge is 0.256 e. The van der Waals surface area contributed by atoms with Crippen molar-refractivity contribution in [3.63, 3.8) is 0 Å². The molecule has 2 aromatic rings. The average Bonchev–Trinajstić information content (AvgIpc) is 3.27. The molecule has 6 nitrogen and oxygen atoms in total. The van der Waals surface area contributed by atoms with Crippen LogP contribution in [0.1, 0.15) is 41.6 Å². The third-order valence-electron chi connectivity index (χ3n) is 8.00. The highest BCUT2D eigenvalue weighted by atomic mass is 16.5. The molecule has 1 saturated heterocycles. The maximum absolute atomic E-state index is 13.3. The molecule has 1 heterocycles. The first-order valence-corrected chi connectivity index (χ1v) is 12.0. The number of hydrogen-bond acceptors (Lipinski definition) is 4. The summed E-state index contributed by atoms with van der Waals surface area (Å²) in [6.45, 7) is 2.00. The summed E-state index contributed by atoms with van der Waals surface area (Å²) in [5, 5.41) is 14.7. The lowest BCUT2D eigenvalue weighted by atomic mass is 9.79. The maximum atomic E-state index is 13.3. The molecule has 0 spiro atoms. The summed E-state index contributed by atoms with van der Waals surface area (Å²) in [7, 11) is 1.61. The van der Waals surface area contributed by atoms with Crippen LogP contribution in [0.4, 0.5) is 0 Å². The summed E-state index contributed by atoms with van der Waals surface area (Å²) in [5.74, 6) is 1.67. The molecule has 5 rings (SSSR count). The van der Waals surface area contributed by atoms with Crippen molar-refractivity contribution in [2.45, 2.75) is 31.3 Å². The Balaban J connectivity index is 1.17. The van der Waals surface area contributed by atoms with Gasteiger partial charge in [0.2, 0.25) is 0 Å². The second-order valence-electron chi connectivity index (χ2n) is 9.75. The molecule has 1 aliphatic heterocycles. The summed E-state index contributed by atoms with van der Waals surface area (Å²) in [6, 6.07) is 16.6.